The highest BCUT2D eigenvalue weighted by molar-refractivity contribution is 5.82. The quantitative estimate of drug-likeness (QED) is 0.666. The van der Waals surface area contributed by atoms with Gasteiger partial charge in [0.1, 0.15) is 11.6 Å². The van der Waals surface area contributed by atoms with E-state index in [0.29, 0.717) is 17.1 Å². The molecular formula is C13H11FN4. The lowest BCUT2D eigenvalue weighted by atomic mass is 10.1. The Hall–Kier alpha value is -2.43. The van der Waals surface area contributed by atoms with Crippen molar-refractivity contribution in [1.82, 2.24) is 14.5 Å². The van der Waals surface area contributed by atoms with Crippen LogP contribution in [0.3, 0.4) is 0 Å². The summed E-state index contributed by atoms with van der Waals surface area (Å²) in [6, 6.07) is 6.09. The summed E-state index contributed by atoms with van der Waals surface area (Å²) >= 11 is 0. The first-order valence-corrected chi connectivity index (χ1v) is 5.48. The van der Waals surface area contributed by atoms with Crippen molar-refractivity contribution >= 4 is 16.7 Å². The van der Waals surface area contributed by atoms with Crippen LogP contribution in [0, 0.1) is 5.82 Å². The zero-order valence-electron chi connectivity index (χ0n) is 9.76. The maximum Gasteiger partial charge on any atom is 0.143 e. The third-order valence-corrected chi connectivity index (χ3v) is 2.94. The predicted octanol–water partition coefficient (Wildman–Crippen LogP) is 2.36. The van der Waals surface area contributed by atoms with Gasteiger partial charge in [-0.25, -0.2) is 9.37 Å². The SMILES string of the molecule is Cn1c(-c2cc(F)ccc2N)nc2ccncc21. The molecule has 0 aliphatic carbocycles. The fourth-order valence-electron chi connectivity index (χ4n) is 2.00. The highest BCUT2D eigenvalue weighted by atomic mass is 19.1. The Morgan fingerprint density at radius 3 is 2.89 bits per heavy atom. The van der Waals surface area contributed by atoms with E-state index in [1.54, 1.807) is 18.5 Å². The summed E-state index contributed by atoms with van der Waals surface area (Å²) in [6.07, 6.45) is 3.40. The number of imidazole rings is 1. The molecule has 2 N–H and O–H groups in total. The molecule has 0 atom stereocenters. The molecule has 1 aromatic carbocycles. The van der Waals surface area contributed by atoms with Crippen LogP contribution in [0.25, 0.3) is 22.4 Å². The number of nitrogens with zero attached hydrogens (tertiary/aromatic N) is 3. The molecule has 0 fully saturated rings. The van der Waals surface area contributed by atoms with Crippen molar-refractivity contribution in [3.8, 4) is 11.4 Å². The molecule has 3 rings (SSSR count). The van der Waals surface area contributed by atoms with E-state index in [0.717, 1.165) is 11.0 Å². The van der Waals surface area contributed by atoms with Gasteiger partial charge in [0.25, 0.3) is 0 Å². The van der Waals surface area contributed by atoms with Gasteiger partial charge in [0.05, 0.1) is 17.2 Å². The van der Waals surface area contributed by atoms with Gasteiger partial charge in [-0.2, -0.15) is 0 Å². The average Bonchev–Trinajstić information content (AvgIpc) is 2.71. The third-order valence-electron chi connectivity index (χ3n) is 2.94. The van der Waals surface area contributed by atoms with Crippen LogP contribution in [0.4, 0.5) is 10.1 Å². The average molecular weight is 242 g/mol. The van der Waals surface area contributed by atoms with E-state index < -0.39 is 0 Å². The number of rotatable bonds is 1. The molecule has 18 heavy (non-hydrogen) atoms. The van der Waals surface area contributed by atoms with Gasteiger partial charge in [-0.15, -0.1) is 0 Å². The van der Waals surface area contributed by atoms with E-state index in [4.69, 9.17) is 5.73 Å². The van der Waals surface area contributed by atoms with Crippen LogP contribution in [0.15, 0.2) is 36.7 Å². The first-order valence-electron chi connectivity index (χ1n) is 5.48. The zero-order valence-corrected chi connectivity index (χ0v) is 9.76. The number of nitrogen functional groups attached to an aromatic ring is 1. The minimum Gasteiger partial charge on any atom is -0.398 e. The van der Waals surface area contributed by atoms with E-state index in [9.17, 15) is 4.39 Å². The van der Waals surface area contributed by atoms with Crippen LogP contribution in [0.2, 0.25) is 0 Å². The monoisotopic (exact) mass is 242 g/mol. The van der Waals surface area contributed by atoms with Crippen LogP contribution in [-0.2, 0) is 7.05 Å². The van der Waals surface area contributed by atoms with Crippen LogP contribution in [-0.4, -0.2) is 14.5 Å². The minimum atomic E-state index is -0.329. The Morgan fingerprint density at radius 2 is 2.11 bits per heavy atom. The lowest BCUT2D eigenvalue weighted by molar-refractivity contribution is 0.628. The van der Waals surface area contributed by atoms with Crippen molar-refractivity contribution in [2.24, 2.45) is 7.05 Å². The van der Waals surface area contributed by atoms with Crippen LogP contribution in [0.5, 0.6) is 0 Å². The standard InChI is InChI=1S/C13H11FN4/c1-18-12-7-16-5-4-11(12)17-13(18)9-6-8(14)2-3-10(9)15/h2-7H,15H2,1H3. The molecule has 0 aliphatic heterocycles. The lowest BCUT2D eigenvalue weighted by Crippen LogP contribution is -1.97. The summed E-state index contributed by atoms with van der Waals surface area (Å²) in [5, 5.41) is 0. The summed E-state index contributed by atoms with van der Waals surface area (Å²) in [6.45, 7) is 0. The minimum absolute atomic E-state index is 0.329. The number of anilines is 1. The number of benzene rings is 1. The van der Waals surface area contributed by atoms with Gasteiger partial charge in [0.2, 0.25) is 0 Å². The van der Waals surface area contributed by atoms with Crippen molar-refractivity contribution in [2.75, 3.05) is 5.73 Å². The largest absolute Gasteiger partial charge is 0.398 e. The molecule has 0 saturated carbocycles. The summed E-state index contributed by atoms with van der Waals surface area (Å²) in [4.78, 5) is 8.52. The molecule has 0 saturated heterocycles. The fraction of sp³-hybridized carbons (Fsp3) is 0.0769. The number of aromatic nitrogens is 3. The van der Waals surface area contributed by atoms with Gasteiger partial charge in [-0.1, -0.05) is 0 Å². The summed E-state index contributed by atoms with van der Waals surface area (Å²) in [5.41, 5.74) is 8.67. The summed E-state index contributed by atoms with van der Waals surface area (Å²) in [5.74, 6) is 0.305. The Labute approximate surface area is 103 Å². The summed E-state index contributed by atoms with van der Waals surface area (Å²) in [7, 11) is 1.86. The number of pyridine rings is 1. The maximum atomic E-state index is 13.3. The van der Waals surface area contributed by atoms with Crippen molar-refractivity contribution in [1.29, 1.82) is 0 Å². The molecule has 0 bridgehead atoms. The number of aryl methyl sites for hydroxylation is 1. The molecule has 90 valence electrons. The maximum absolute atomic E-state index is 13.3. The molecule has 0 unspecified atom stereocenters. The zero-order chi connectivity index (χ0) is 12.7. The molecule has 2 heterocycles. The Bertz CT molecular complexity index is 733. The van der Waals surface area contributed by atoms with Crippen LogP contribution >= 0.6 is 0 Å². The Morgan fingerprint density at radius 1 is 1.28 bits per heavy atom. The van der Waals surface area contributed by atoms with Crippen molar-refractivity contribution in [2.45, 2.75) is 0 Å². The molecule has 4 nitrogen and oxygen atoms in total. The number of hydrogen-bond donors (Lipinski definition) is 1. The van der Waals surface area contributed by atoms with Gasteiger partial charge >= 0.3 is 0 Å². The first-order chi connectivity index (χ1) is 8.66. The molecular weight excluding hydrogens is 231 g/mol. The van der Waals surface area contributed by atoms with Gasteiger partial charge in [-0.3, -0.25) is 4.98 Å². The third kappa shape index (κ3) is 1.52. The first kappa shape index (κ1) is 10.7. The topological polar surface area (TPSA) is 56.7 Å². The van der Waals surface area contributed by atoms with Gasteiger partial charge in [-0.05, 0) is 24.3 Å². The van der Waals surface area contributed by atoms with Crippen LogP contribution in [0.1, 0.15) is 0 Å². The number of hydrogen-bond acceptors (Lipinski definition) is 3. The smallest absolute Gasteiger partial charge is 0.143 e. The second-order valence-electron chi connectivity index (χ2n) is 4.09. The van der Waals surface area contributed by atoms with Crippen molar-refractivity contribution in [3.63, 3.8) is 0 Å². The molecule has 2 aromatic heterocycles. The highest BCUT2D eigenvalue weighted by Gasteiger charge is 2.12. The molecule has 0 radical (unpaired) electrons. The van der Waals surface area contributed by atoms with Gasteiger partial charge < -0.3 is 10.3 Å². The van der Waals surface area contributed by atoms with E-state index >= 15 is 0 Å². The second-order valence-corrected chi connectivity index (χ2v) is 4.09. The summed E-state index contributed by atoms with van der Waals surface area (Å²) < 4.78 is 15.2. The molecule has 5 heteroatoms. The molecule has 0 aliphatic rings. The number of nitrogens with two attached hydrogens (primary N) is 1. The fourth-order valence-corrected chi connectivity index (χ4v) is 2.00. The van der Waals surface area contributed by atoms with Crippen LogP contribution < -0.4 is 5.73 Å². The van der Waals surface area contributed by atoms with Gasteiger partial charge in [0, 0.05) is 24.5 Å². The number of fused-ring (bicyclic) bond motifs is 1. The van der Waals surface area contributed by atoms with Crippen molar-refractivity contribution < 1.29 is 4.39 Å². The number of halogens is 1. The van der Waals surface area contributed by atoms with Gasteiger partial charge in [0.15, 0.2) is 0 Å². The van der Waals surface area contributed by atoms with Crippen molar-refractivity contribution in [3.05, 3.63) is 42.5 Å². The molecule has 0 amide bonds. The highest BCUT2D eigenvalue weighted by Crippen LogP contribution is 2.28. The van der Waals surface area contributed by atoms with E-state index in [-0.39, 0.29) is 5.82 Å². The lowest BCUT2D eigenvalue weighted by Gasteiger charge is -2.05. The van der Waals surface area contributed by atoms with E-state index in [1.807, 2.05) is 17.7 Å². The normalized spacial score (nSPS) is 11.0. The molecule has 3 aromatic rings. The Balaban J connectivity index is 2.31. The predicted molar refractivity (Wildman–Crippen MR) is 68.3 cm³/mol. The van der Waals surface area contributed by atoms with E-state index in [2.05, 4.69) is 9.97 Å². The Kier molecular flexibility index (Phi) is 2.26. The second kappa shape index (κ2) is 3.80. The van der Waals surface area contributed by atoms with E-state index in [1.165, 1.54) is 12.1 Å². The molecule has 0 spiro atoms.